The molecule has 16 heavy (non-hydrogen) atoms. The standard InChI is InChI=1S/C11H22N4S/c1-4-5-9-14-10(16-15-9)13-8-11(2,3)6-7-12/h4-8,12H2,1-3H3,(H,13,14,15). The molecule has 92 valence electrons. The first-order valence-corrected chi connectivity index (χ1v) is 6.61. The summed E-state index contributed by atoms with van der Waals surface area (Å²) in [5.41, 5.74) is 5.79. The van der Waals surface area contributed by atoms with E-state index in [0.29, 0.717) is 0 Å². The van der Waals surface area contributed by atoms with Crippen LogP contribution in [-0.4, -0.2) is 22.4 Å². The first-order chi connectivity index (χ1) is 7.57. The number of aryl methyl sites for hydroxylation is 1. The molecule has 0 fully saturated rings. The zero-order valence-electron chi connectivity index (χ0n) is 10.4. The second kappa shape index (κ2) is 6.15. The molecule has 3 N–H and O–H groups in total. The highest BCUT2D eigenvalue weighted by Gasteiger charge is 2.17. The van der Waals surface area contributed by atoms with Crippen molar-refractivity contribution in [1.29, 1.82) is 0 Å². The summed E-state index contributed by atoms with van der Waals surface area (Å²) in [4.78, 5) is 4.43. The van der Waals surface area contributed by atoms with Gasteiger partial charge in [0.05, 0.1) is 0 Å². The van der Waals surface area contributed by atoms with Crippen LogP contribution in [-0.2, 0) is 6.42 Å². The summed E-state index contributed by atoms with van der Waals surface area (Å²) in [7, 11) is 0. The van der Waals surface area contributed by atoms with Gasteiger partial charge < -0.3 is 11.1 Å². The molecule has 0 saturated carbocycles. The van der Waals surface area contributed by atoms with E-state index in [1.54, 1.807) is 0 Å². The smallest absolute Gasteiger partial charge is 0.202 e. The van der Waals surface area contributed by atoms with Crippen molar-refractivity contribution in [2.45, 2.75) is 40.0 Å². The van der Waals surface area contributed by atoms with Gasteiger partial charge in [0.2, 0.25) is 5.13 Å². The molecule has 1 heterocycles. The van der Waals surface area contributed by atoms with Gasteiger partial charge in [-0.15, -0.1) is 0 Å². The molecule has 0 aliphatic carbocycles. The molecule has 1 aromatic rings. The number of anilines is 1. The molecule has 0 radical (unpaired) electrons. The molecule has 4 nitrogen and oxygen atoms in total. The van der Waals surface area contributed by atoms with Crippen LogP contribution in [0.15, 0.2) is 0 Å². The number of nitrogens with two attached hydrogens (primary N) is 1. The fraction of sp³-hybridized carbons (Fsp3) is 0.818. The zero-order valence-corrected chi connectivity index (χ0v) is 11.2. The van der Waals surface area contributed by atoms with Crippen molar-refractivity contribution in [3.8, 4) is 0 Å². The van der Waals surface area contributed by atoms with Crippen molar-refractivity contribution in [2.24, 2.45) is 11.1 Å². The number of nitrogens with zero attached hydrogens (tertiary/aromatic N) is 2. The maximum absolute atomic E-state index is 5.57. The number of nitrogens with one attached hydrogen (secondary N) is 1. The Morgan fingerprint density at radius 1 is 1.44 bits per heavy atom. The van der Waals surface area contributed by atoms with Gasteiger partial charge in [0, 0.05) is 24.5 Å². The topological polar surface area (TPSA) is 63.8 Å². The number of rotatable bonds is 7. The lowest BCUT2D eigenvalue weighted by atomic mass is 9.89. The normalized spacial score (nSPS) is 11.8. The third-order valence-corrected chi connectivity index (χ3v) is 3.19. The minimum atomic E-state index is 0.214. The predicted octanol–water partition coefficient (Wildman–Crippen LogP) is 2.28. The van der Waals surface area contributed by atoms with Gasteiger partial charge >= 0.3 is 0 Å². The van der Waals surface area contributed by atoms with E-state index in [2.05, 4.69) is 35.4 Å². The van der Waals surface area contributed by atoms with Crippen LogP contribution in [0.3, 0.4) is 0 Å². The van der Waals surface area contributed by atoms with Crippen molar-refractivity contribution in [3.63, 3.8) is 0 Å². The first-order valence-electron chi connectivity index (χ1n) is 5.84. The molecule has 0 spiro atoms. The van der Waals surface area contributed by atoms with Crippen molar-refractivity contribution < 1.29 is 0 Å². The fourth-order valence-corrected chi connectivity index (χ4v) is 2.05. The third kappa shape index (κ3) is 4.45. The second-order valence-electron chi connectivity index (χ2n) is 4.82. The van der Waals surface area contributed by atoms with Crippen LogP contribution in [0.4, 0.5) is 5.13 Å². The Labute approximate surface area is 102 Å². The number of hydrogen-bond donors (Lipinski definition) is 2. The lowest BCUT2D eigenvalue weighted by Crippen LogP contribution is -2.26. The first kappa shape index (κ1) is 13.4. The highest BCUT2D eigenvalue weighted by atomic mass is 32.1. The number of aromatic nitrogens is 2. The molecule has 0 aromatic carbocycles. The third-order valence-electron chi connectivity index (χ3n) is 2.48. The average Bonchev–Trinajstić information content (AvgIpc) is 2.64. The summed E-state index contributed by atoms with van der Waals surface area (Å²) in [5, 5.41) is 4.26. The Hall–Kier alpha value is -0.680. The molecule has 0 aliphatic heterocycles. The average molecular weight is 242 g/mol. The van der Waals surface area contributed by atoms with Gasteiger partial charge in [0.1, 0.15) is 5.82 Å². The summed E-state index contributed by atoms with van der Waals surface area (Å²) < 4.78 is 4.30. The molecule has 0 saturated heterocycles. The van der Waals surface area contributed by atoms with Gasteiger partial charge in [-0.3, -0.25) is 0 Å². The monoisotopic (exact) mass is 242 g/mol. The van der Waals surface area contributed by atoms with Gasteiger partial charge in [0.15, 0.2) is 0 Å². The lowest BCUT2D eigenvalue weighted by molar-refractivity contribution is 0.365. The van der Waals surface area contributed by atoms with Crippen LogP contribution < -0.4 is 11.1 Å². The summed E-state index contributed by atoms with van der Waals surface area (Å²) >= 11 is 1.44. The molecule has 0 unspecified atom stereocenters. The Morgan fingerprint density at radius 3 is 2.81 bits per heavy atom. The van der Waals surface area contributed by atoms with E-state index in [-0.39, 0.29) is 5.41 Å². The van der Waals surface area contributed by atoms with Crippen LogP contribution in [0.1, 0.15) is 39.4 Å². The van der Waals surface area contributed by atoms with Crippen molar-refractivity contribution in [3.05, 3.63) is 5.82 Å². The molecule has 1 rings (SSSR count). The molecule has 5 heteroatoms. The van der Waals surface area contributed by atoms with E-state index in [1.165, 1.54) is 11.5 Å². The van der Waals surface area contributed by atoms with Crippen LogP contribution in [0.25, 0.3) is 0 Å². The molecule has 1 aromatic heterocycles. The summed E-state index contributed by atoms with van der Waals surface area (Å²) in [6.45, 7) is 8.18. The fourth-order valence-electron chi connectivity index (χ4n) is 1.44. The second-order valence-corrected chi connectivity index (χ2v) is 5.57. The van der Waals surface area contributed by atoms with Gasteiger partial charge in [0.25, 0.3) is 0 Å². The highest BCUT2D eigenvalue weighted by molar-refractivity contribution is 7.09. The molecule has 0 aliphatic rings. The van der Waals surface area contributed by atoms with Crippen LogP contribution >= 0.6 is 11.5 Å². The molecule has 0 bridgehead atoms. The van der Waals surface area contributed by atoms with Crippen LogP contribution in [0, 0.1) is 5.41 Å². The van der Waals surface area contributed by atoms with Crippen molar-refractivity contribution in [2.75, 3.05) is 18.4 Å². The molecule has 0 amide bonds. The Balaban J connectivity index is 2.41. The Morgan fingerprint density at radius 2 is 2.19 bits per heavy atom. The van der Waals surface area contributed by atoms with Gasteiger partial charge in [-0.2, -0.15) is 4.37 Å². The summed E-state index contributed by atoms with van der Waals surface area (Å²) in [6, 6.07) is 0. The summed E-state index contributed by atoms with van der Waals surface area (Å²) in [5.74, 6) is 0.951. The van der Waals surface area contributed by atoms with Gasteiger partial charge in [-0.05, 0) is 24.8 Å². The van der Waals surface area contributed by atoms with E-state index in [1.807, 2.05) is 0 Å². The maximum Gasteiger partial charge on any atom is 0.202 e. The van der Waals surface area contributed by atoms with E-state index in [0.717, 1.165) is 43.3 Å². The van der Waals surface area contributed by atoms with Crippen molar-refractivity contribution >= 4 is 16.7 Å². The minimum Gasteiger partial charge on any atom is -0.360 e. The SMILES string of the molecule is CCCc1nsc(NCC(C)(C)CCN)n1. The Bertz CT molecular complexity index is 309. The van der Waals surface area contributed by atoms with E-state index in [4.69, 9.17) is 5.73 Å². The molecule has 0 atom stereocenters. The van der Waals surface area contributed by atoms with Crippen LogP contribution in [0.2, 0.25) is 0 Å². The molecular formula is C11H22N4S. The minimum absolute atomic E-state index is 0.214. The van der Waals surface area contributed by atoms with E-state index < -0.39 is 0 Å². The molecular weight excluding hydrogens is 220 g/mol. The van der Waals surface area contributed by atoms with Crippen LogP contribution in [0.5, 0.6) is 0 Å². The van der Waals surface area contributed by atoms with Gasteiger partial charge in [-0.1, -0.05) is 20.8 Å². The van der Waals surface area contributed by atoms with E-state index in [9.17, 15) is 0 Å². The number of hydrogen-bond acceptors (Lipinski definition) is 5. The summed E-state index contributed by atoms with van der Waals surface area (Å²) in [6.07, 6.45) is 3.07. The predicted molar refractivity (Wildman–Crippen MR) is 69.8 cm³/mol. The maximum atomic E-state index is 5.57. The largest absolute Gasteiger partial charge is 0.360 e. The van der Waals surface area contributed by atoms with Gasteiger partial charge in [-0.25, -0.2) is 4.98 Å². The quantitative estimate of drug-likeness (QED) is 0.770. The Kier molecular flexibility index (Phi) is 5.15. The lowest BCUT2D eigenvalue weighted by Gasteiger charge is -2.23. The highest BCUT2D eigenvalue weighted by Crippen LogP contribution is 2.21. The van der Waals surface area contributed by atoms with E-state index >= 15 is 0 Å². The zero-order chi connectivity index (χ0) is 12.0. The van der Waals surface area contributed by atoms with Crippen molar-refractivity contribution in [1.82, 2.24) is 9.36 Å².